The molecule has 0 bridgehead atoms. The first-order chi connectivity index (χ1) is 12.7. The van der Waals surface area contributed by atoms with Crippen molar-refractivity contribution in [3.63, 3.8) is 0 Å². The summed E-state index contributed by atoms with van der Waals surface area (Å²) in [7, 11) is 2.84. The third-order valence-electron chi connectivity index (χ3n) is 3.56. The van der Waals surface area contributed by atoms with E-state index in [0.29, 0.717) is 5.69 Å². The van der Waals surface area contributed by atoms with Crippen LogP contribution >= 0.6 is 23.2 Å². The van der Waals surface area contributed by atoms with Gasteiger partial charge in [-0.2, -0.15) is 5.10 Å². The van der Waals surface area contributed by atoms with Crippen LogP contribution in [-0.2, 0) is 16.6 Å². The summed E-state index contributed by atoms with van der Waals surface area (Å²) in [5.41, 5.74) is 2.60. The monoisotopic (exact) mass is 416 g/mol. The third-order valence-corrected chi connectivity index (χ3v) is 4.15. The normalized spacial score (nSPS) is 11.7. The van der Waals surface area contributed by atoms with E-state index in [1.807, 2.05) is 5.43 Å². The van der Waals surface area contributed by atoms with E-state index in [1.165, 1.54) is 30.8 Å². The molecule has 1 aromatic carbocycles. The van der Waals surface area contributed by atoms with Crippen molar-refractivity contribution in [2.45, 2.75) is 20.0 Å². The number of nitrogens with zero attached hydrogens (tertiary/aromatic N) is 2. The molecule has 0 spiro atoms. The first-order valence-corrected chi connectivity index (χ1v) is 8.41. The molecule has 1 atom stereocenters. The molecule has 0 radical (unpaired) electrons. The van der Waals surface area contributed by atoms with Gasteiger partial charge in [0.15, 0.2) is 11.9 Å². The van der Waals surface area contributed by atoms with Crippen LogP contribution in [0.25, 0.3) is 0 Å². The second-order valence-electron chi connectivity index (χ2n) is 5.46. The molecule has 0 aliphatic heterocycles. The first kappa shape index (κ1) is 20.8. The average molecular weight is 417 g/mol. The van der Waals surface area contributed by atoms with Gasteiger partial charge in [-0.15, -0.1) is 0 Å². The maximum absolute atomic E-state index is 12.0. The van der Waals surface area contributed by atoms with E-state index in [0.717, 1.165) is 0 Å². The van der Waals surface area contributed by atoms with Gasteiger partial charge in [-0.1, -0.05) is 23.2 Å². The molecule has 1 heterocycles. The van der Waals surface area contributed by atoms with Crippen LogP contribution in [0, 0.1) is 6.92 Å². The number of aromatic nitrogens is 2. The topological polar surface area (TPSA) is 118 Å². The number of carbonyl (C=O) groups excluding carboxylic acids is 2. The average Bonchev–Trinajstić information content (AvgIpc) is 2.90. The minimum absolute atomic E-state index is 0.117. The van der Waals surface area contributed by atoms with Crippen LogP contribution in [0.1, 0.15) is 23.0 Å². The number of methoxy groups -OCH3 is 1. The largest absolute Gasteiger partial charge is 0.477 e. The SMILES string of the molecule is COC(=O)[C@H](C)Oc1cc(Oc2c(C(=O)NN)c(C)nn2C)c(Cl)cc1Cl. The molecule has 1 amide bonds. The van der Waals surface area contributed by atoms with E-state index >= 15 is 0 Å². The Morgan fingerprint density at radius 2 is 1.89 bits per heavy atom. The number of esters is 1. The van der Waals surface area contributed by atoms with Gasteiger partial charge in [0.2, 0.25) is 5.88 Å². The van der Waals surface area contributed by atoms with E-state index < -0.39 is 18.0 Å². The predicted octanol–water partition coefficient (Wildman–Crippen LogP) is 2.37. The van der Waals surface area contributed by atoms with Crippen LogP contribution < -0.4 is 20.7 Å². The van der Waals surface area contributed by atoms with Gasteiger partial charge < -0.3 is 14.2 Å². The molecule has 0 aliphatic carbocycles. The molecule has 0 fully saturated rings. The van der Waals surface area contributed by atoms with Crippen LogP contribution in [0.15, 0.2) is 12.1 Å². The van der Waals surface area contributed by atoms with Crippen molar-refractivity contribution in [1.29, 1.82) is 0 Å². The molecule has 2 aromatic rings. The highest BCUT2D eigenvalue weighted by molar-refractivity contribution is 6.36. The number of amides is 1. The van der Waals surface area contributed by atoms with Gasteiger partial charge in [-0.05, 0) is 19.9 Å². The maximum Gasteiger partial charge on any atom is 0.346 e. The van der Waals surface area contributed by atoms with Crippen molar-refractivity contribution in [2.75, 3.05) is 7.11 Å². The molecule has 1 aromatic heterocycles. The van der Waals surface area contributed by atoms with Crippen molar-refractivity contribution in [3.8, 4) is 17.4 Å². The lowest BCUT2D eigenvalue weighted by atomic mass is 10.2. The fraction of sp³-hybridized carbons (Fsp3) is 0.312. The fourth-order valence-electron chi connectivity index (χ4n) is 2.28. The van der Waals surface area contributed by atoms with Crippen molar-refractivity contribution >= 4 is 35.1 Å². The Morgan fingerprint density at radius 1 is 1.26 bits per heavy atom. The summed E-state index contributed by atoms with van der Waals surface area (Å²) in [6.45, 7) is 3.14. The molecular weight excluding hydrogens is 399 g/mol. The molecule has 2 rings (SSSR count). The first-order valence-electron chi connectivity index (χ1n) is 7.65. The Bertz CT molecular complexity index is 884. The minimum atomic E-state index is -0.904. The maximum atomic E-state index is 12.0. The number of hydrazine groups is 1. The zero-order chi connectivity index (χ0) is 20.3. The highest BCUT2D eigenvalue weighted by atomic mass is 35.5. The van der Waals surface area contributed by atoms with Crippen LogP contribution in [0.2, 0.25) is 10.0 Å². The van der Waals surface area contributed by atoms with E-state index in [1.54, 1.807) is 14.0 Å². The predicted molar refractivity (Wildman–Crippen MR) is 98.2 cm³/mol. The van der Waals surface area contributed by atoms with Crippen LogP contribution in [0.3, 0.4) is 0 Å². The number of aryl methyl sites for hydroxylation is 2. The standard InChI is InChI=1S/C16H18Cl2N4O5/c1-7-13(14(23)20-19)15(22(3)21-7)27-12-6-11(9(17)5-10(12)18)26-8(2)16(24)25-4/h5-6,8H,19H2,1-4H3,(H,20,23)/t8-/m0/s1. The molecular formula is C16H18Cl2N4O5. The van der Waals surface area contributed by atoms with Gasteiger partial charge in [0, 0.05) is 13.1 Å². The third kappa shape index (κ3) is 4.44. The number of rotatable bonds is 6. The van der Waals surface area contributed by atoms with Gasteiger partial charge in [0.1, 0.15) is 11.3 Å². The quantitative estimate of drug-likeness (QED) is 0.321. The van der Waals surface area contributed by atoms with E-state index in [2.05, 4.69) is 9.84 Å². The summed E-state index contributed by atoms with van der Waals surface area (Å²) in [4.78, 5) is 23.6. The van der Waals surface area contributed by atoms with Gasteiger partial charge in [0.25, 0.3) is 5.91 Å². The smallest absolute Gasteiger partial charge is 0.346 e. The van der Waals surface area contributed by atoms with E-state index in [4.69, 9.17) is 38.5 Å². The Labute approximate surface area is 165 Å². The Hall–Kier alpha value is -2.49. The fourth-order valence-corrected chi connectivity index (χ4v) is 2.74. The second-order valence-corrected chi connectivity index (χ2v) is 6.28. The summed E-state index contributed by atoms with van der Waals surface area (Å²) in [6, 6.07) is 2.79. The molecule has 0 saturated heterocycles. The highest BCUT2D eigenvalue weighted by Crippen LogP contribution is 2.39. The molecule has 146 valence electrons. The van der Waals surface area contributed by atoms with Crippen LogP contribution in [0.4, 0.5) is 0 Å². The van der Waals surface area contributed by atoms with E-state index in [9.17, 15) is 9.59 Å². The lowest BCUT2D eigenvalue weighted by Crippen LogP contribution is -2.30. The molecule has 3 N–H and O–H groups in total. The lowest BCUT2D eigenvalue weighted by molar-refractivity contribution is -0.147. The van der Waals surface area contributed by atoms with Gasteiger partial charge >= 0.3 is 5.97 Å². The number of hydrogen-bond acceptors (Lipinski definition) is 7. The number of nitrogens with one attached hydrogen (secondary N) is 1. The molecule has 11 heteroatoms. The van der Waals surface area contributed by atoms with Crippen LogP contribution in [-0.4, -0.2) is 34.9 Å². The summed E-state index contributed by atoms with van der Waals surface area (Å²) < 4.78 is 17.3. The number of nitrogen functional groups attached to an aromatic ring is 1. The van der Waals surface area contributed by atoms with Gasteiger partial charge in [-0.3, -0.25) is 10.2 Å². The molecule has 0 unspecified atom stereocenters. The minimum Gasteiger partial charge on any atom is -0.477 e. The number of benzene rings is 1. The van der Waals surface area contributed by atoms with E-state index in [-0.39, 0.29) is 33.0 Å². The molecule has 9 nitrogen and oxygen atoms in total. The number of halogens is 2. The number of hydrogen-bond donors (Lipinski definition) is 2. The summed E-state index contributed by atoms with van der Waals surface area (Å²) in [6.07, 6.45) is -0.904. The summed E-state index contributed by atoms with van der Waals surface area (Å²) >= 11 is 12.3. The zero-order valence-electron chi connectivity index (χ0n) is 15.0. The Kier molecular flexibility index (Phi) is 6.53. The number of ether oxygens (including phenoxy) is 3. The second kappa shape index (κ2) is 8.47. The van der Waals surface area contributed by atoms with Crippen molar-refractivity contribution in [1.82, 2.24) is 15.2 Å². The molecule has 0 aliphatic rings. The van der Waals surface area contributed by atoms with Crippen molar-refractivity contribution < 1.29 is 23.8 Å². The van der Waals surface area contributed by atoms with Gasteiger partial charge in [0.05, 0.1) is 22.8 Å². The number of nitrogens with two attached hydrogens (primary N) is 1. The summed E-state index contributed by atoms with van der Waals surface area (Å²) in [5, 5.41) is 4.48. The lowest BCUT2D eigenvalue weighted by Gasteiger charge is -2.16. The molecule has 0 saturated carbocycles. The Morgan fingerprint density at radius 3 is 2.48 bits per heavy atom. The van der Waals surface area contributed by atoms with Crippen LogP contribution in [0.5, 0.6) is 17.4 Å². The van der Waals surface area contributed by atoms with Gasteiger partial charge in [-0.25, -0.2) is 15.3 Å². The molecule has 27 heavy (non-hydrogen) atoms. The zero-order valence-corrected chi connectivity index (χ0v) is 16.5. The Balaban J connectivity index is 2.42. The van der Waals surface area contributed by atoms with Crippen molar-refractivity contribution in [3.05, 3.63) is 33.4 Å². The van der Waals surface area contributed by atoms with Crippen molar-refractivity contribution in [2.24, 2.45) is 12.9 Å². The highest BCUT2D eigenvalue weighted by Gasteiger charge is 2.24. The number of carbonyl (C=O) groups is 2. The summed E-state index contributed by atoms with van der Waals surface area (Å²) in [5.74, 6) is 4.48.